The van der Waals surface area contributed by atoms with Crippen LogP contribution in [0, 0.1) is 0 Å². The molecule has 4 aromatic carbocycles. The van der Waals surface area contributed by atoms with Gasteiger partial charge in [0.2, 0.25) is 0 Å². The summed E-state index contributed by atoms with van der Waals surface area (Å²) < 4.78 is 2.24. The molecular formula is C24H20Br2Se2. The van der Waals surface area contributed by atoms with Gasteiger partial charge in [-0.25, -0.2) is 0 Å². The predicted molar refractivity (Wildman–Crippen MR) is 133 cm³/mol. The Morgan fingerprint density at radius 2 is 0.714 bits per heavy atom. The average molecular weight is 626 g/mol. The normalized spacial score (nSPS) is 9.43. The third kappa shape index (κ3) is 7.72. The number of hydrogen-bond donors (Lipinski definition) is 0. The fourth-order valence-corrected chi connectivity index (χ4v) is 3.40. The summed E-state index contributed by atoms with van der Waals surface area (Å²) in [5, 5.41) is 0. The summed E-state index contributed by atoms with van der Waals surface area (Å²) in [6.07, 6.45) is 0. The summed E-state index contributed by atoms with van der Waals surface area (Å²) in [5.41, 5.74) is 5.00. The van der Waals surface area contributed by atoms with Gasteiger partial charge in [0, 0.05) is 8.95 Å². The quantitative estimate of drug-likeness (QED) is 0.212. The van der Waals surface area contributed by atoms with Crippen LogP contribution in [-0.2, 0) is 0 Å². The maximum atomic E-state index is 3.46. The molecule has 0 heterocycles. The Morgan fingerprint density at radius 1 is 0.393 bits per heavy atom. The van der Waals surface area contributed by atoms with Gasteiger partial charge in [0.15, 0.2) is 0 Å². The molecule has 0 amide bonds. The molecule has 0 saturated heterocycles. The molecule has 4 heteroatoms. The van der Waals surface area contributed by atoms with Crippen LogP contribution in [0.25, 0.3) is 22.3 Å². The molecule has 0 aliphatic heterocycles. The van der Waals surface area contributed by atoms with E-state index < -0.39 is 0 Å². The molecule has 0 aliphatic carbocycles. The SMILES string of the molecule is Brc1cccc(-c2ccccc2)c1.Brc1cccc(-c2ccccc2)c1.[SeH][SeH]. The third-order valence-electron chi connectivity index (χ3n) is 3.86. The zero-order chi connectivity index (χ0) is 20.2. The van der Waals surface area contributed by atoms with Gasteiger partial charge in [-0.1, -0.05) is 117 Å². The molecule has 0 bridgehead atoms. The van der Waals surface area contributed by atoms with Crippen molar-refractivity contribution in [2.75, 3.05) is 0 Å². The van der Waals surface area contributed by atoms with Crippen LogP contribution in [0.2, 0.25) is 0 Å². The Labute approximate surface area is 199 Å². The molecule has 0 radical (unpaired) electrons. The van der Waals surface area contributed by atoms with Gasteiger partial charge in [-0.15, -0.1) is 0 Å². The topological polar surface area (TPSA) is 0 Å². The first-order chi connectivity index (χ1) is 13.7. The molecular weight excluding hydrogens is 606 g/mol. The molecule has 28 heavy (non-hydrogen) atoms. The van der Waals surface area contributed by atoms with E-state index in [4.69, 9.17) is 0 Å². The molecule has 0 N–H and O–H groups in total. The van der Waals surface area contributed by atoms with E-state index in [2.05, 4.69) is 133 Å². The first-order valence-electron chi connectivity index (χ1n) is 8.54. The first-order valence-corrected chi connectivity index (χ1v) is 15.3. The molecule has 0 nitrogen and oxygen atoms in total. The number of hydrogen-bond acceptors (Lipinski definition) is 0. The second kappa shape index (κ2) is 13.2. The summed E-state index contributed by atoms with van der Waals surface area (Å²) in [7, 11) is 0. The van der Waals surface area contributed by atoms with Crippen molar-refractivity contribution in [1.82, 2.24) is 0 Å². The van der Waals surface area contributed by atoms with Crippen LogP contribution in [-0.4, -0.2) is 28.4 Å². The molecule has 142 valence electrons. The second-order valence-electron chi connectivity index (χ2n) is 5.75. The van der Waals surface area contributed by atoms with Gasteiger partial charge in [0.25, 0.3) is 0 Å². The van der Waals surface area contributed by atoms with Gasteiger partial charge >= 0.3 is 28.4 Å². The van der Waals surface area contributed by atoms with Crippen molar-refractivity contribution in [3.8, 4) is 22.3 Å². The van der Waals surface area contributed by atoms with Crippen LogP contribution in [0.3, 0.4) is 0 Å². The predicted octanol–water partition coefficient (Wildman–Crippen LogP) is 6.94. The van der Waals surface area contributed by atoms with Crippen molar-refractivity contribution >= 4 is 60.2 Å². The maximum absolute atomic E-state index is 3.46. The van der Waals surface area contributed by atoms with E-state index in [1.54, 1.807) is 0 Å². The fourth-order valence-electron chi connectivity index (χ4n) is 2.60. The molecule has 0 fully saturated rings. The molecule has 0 unspecified atom stereocenters. The molecule has 0 aliphatic rings. The van der Waals surface area contributed by atoms with Crippen molar-refractivity contribution in [2.24, 2.45) is 0 Å². The van der Waals surface area contributed by atoms with Crippen LogP contribution < -0.4 is 0 Å². The van der Waals surface area contributed by atoms with Crippen LogP contribution in [0.15, 0.2) is 118 Å². The van der Waals surface area contributed by atoms with Crippen molar-refractivity contribution in [2.45, 2.75) is 0 Å². The Balaban J connectivity index is 0.000000184. The van der Waals surface area contributed by atoms with Crippen molar-refractivity contribution in [1.29, 1.82) is 0 Å². The summed E-state index contributed by atoms with van der Waals surface area (Å²) in [6, 6.07) is 37.3. The number of rotatable bonds is 2. The van der Waals surface area contributed by atoms with Crippen LogP contribution >= 0.6 is 31.9 Å². The standard InChI is InChI=1S/2C12H9Br.H2Se2/c2*13-12-8-4-7-11(9-12)10-5-2-1-3-6-10;1-2/h2*1-9H;1-2H. The van der Waals surface area contributed by atoms with Crippen molar-refractivity contribution in [3.63, 3.8) is 0 Å². The fraction of sp³-hybridized carbons (Fsp3) is 0. The van der Waals surface area contributed by atoms with E-state index in [9.17, 15) is 0 Å². The van der Waals surface area contributed by atoms with Crippen molar-refractivity contribution in [3.05, 3.63) is 118 Å². The molecule has 0 atom stereocenters. The van der Waals surface area contributed by atoms with E-state index in [0.717, 1.165) is 8.95 Å². The molecule has 0 aromatic heterocycles. The first kappa shape index (κ1) is 23.2. The van der Waals surface area contributed by atoms with Gasteiger partial charge in [0.1, 0.15) is 0 Å². The molecule has 0 saturated carbocycles. The summed E-state index contributed by atoms with van der Waals surface area (Å²) in [5.74, 6) is 0. The van der Waals surface area contributed by atoms with Crippen LogP contribution in [0.5, 0.6) is 0 Å². The number of halogens is 2. The second-order valence-corrected chi connectivity index (χ2v) is 7.58. The Bertz CT molecular complexity index is 877. The summed E-state index contributed by atoms with van der Waals surface area (Å²) >= 11 is 11.4. The third-order valence-corrected chi connectivity index (χ3v) is 4.85. The van der Waals surface area contributed by atoms with E-state index >= 15 is 0 Å². The van der Waals surface area contributed by atoms with Crippen molar-refractivity contribution < 1.29 is 0 Å². The van der Waals surface area contributed by atoms with E-state index in [0.29, 0.717) is 0 Å². The van der Waals surface area contributed by atoms with E-state index in [1.165, 1.54) is 22.3 Å². The van der Waals surface area contributed by atoms with E-state index in [-0.39, 0.29) is 0 Å². The molecule has 0 spiro atoms. The zero-order valence-corrected chi connectivity index (χ0v) is 22.0. The number of benzene rings is 4. The van der Waals surface area contributed by atoms with Gasteiger partial charge in [-0.3, -0.25) is 0 Å². The minimum absolute atomic E-state index is 1.12. The Kier molecular flexibility index (Phi) is 10.9. The average Bonchev–Trinajstić information content (AvgIpc) is 2.77. The Hall–Kier alpha value is -1.12. The Morgan fingerprint density at radius 3 is 1.04 bits per heavy atom. The van der Waals surface area contributed by atoms with Gasteiger partial charge in [-0.2, -0.15) is 0 Å². The summed E-state index contributed by atoms with van der Waals surface area (Å²) in [4.78, 5) is 0. The van der Waals surface area contributed by atoms with Gasteiger partial charge in [0.05, 0.1) is 0 Å². The van der Waals surface area contributed by atoms with E-state index in [1.807, 2.05) is 36.4 Å². The van der Waals surface area contributed by atoms with Gasteiger partial charge in [-0.05, 0) is 46.5 Å². The van der Waals surface area contributed by atoms with Crippen LogP contribution in [0.1, 0.15) is 0 Å². The van der Waals surface area contributed by atoms with Crippen LogP contribution in [0.4, 0.5) is 0 Å². The molecule has 4 rings (SSSR count). The minimum atomic E-state index is 1.12. The summed E-state index contributed by atoms with van der Waals surface area (Å²) in [6.45, 7) is 0. The van der Waals surface area contributed by atoms with Gasteiger partial charge < -0.3 is 0 Å². The zero-order valence-electron chi connectivity index (χ0n) is 15.0. The monoisotopic (exact) mass is 626 g/mol. The molecule has 4 aromatic rings.